The molecule has 0 spiro atoms. The average molecular weight is 466 g/mol. The summed E-state index contributed by atoms with van der Waals surface area (Å²) in [6, 6.07) is 5.35. The van der Waals surface area contributed by atoms with Gasteiger partial charge in [0, 0.05) is 41.1 Å². The fourth-order valence-electron chi connectivity index (χ4n) is 3.36. The summed E-state index contributed by atoms with van der Waals surface area (Å²) in [6.45, 7) is 3.26. The van der Waals surface area contributed by atoms with Crippen LogP contribution in [0.4, 0.5) is 5.69 Å². The molecule has 2 unspecified atom stereocenters. The van der Waals surface area contributed by atoms with Crippen molar-refractivity contribution in [2.75, 3.05) is 31.8 Å². The highest BCUT2D eigenvalue weighted by molar-refractivity contribution is 7.99. The molecule has 174 valence electrons. The Labute approximate surface area is 190 Å². The highest BCUT2D eigenvalue weighted by Gasteiger charge is 2.39. The third-order valence-corrected chi connectivity index (χ3v) is 5.93. The molecular formula is C21H27N3O7S. The van der Waals surface area contributed by atoms with Crippen molar-refractivity contribution in [3.05, 3.63) is 62.5 Å². The quantitative estimate of drug-likeness (QED) is 0.264. The van der Waals surface area contributed by atoms with Gasteiger partial charge in [0.2, 0.25) is 0 Å². The van der Waals surface area contributed by atoms with Crippen LogP contribution in [-0.4, -0.2) is 59.8 Å². The molecule has 0 aliphatic carbocycles. The third-order valence-electron chi connectivity index (χ3n) is 4.77. The van der Waals surface area contributed by atoms with Gasteiger partial charge in [-0.2, -0.15) is 11.8 Å². The minimum atomic E-state index is -0.926. The molecule has 0 aromatic heterocycles. The third kappa shape index (κ3) is 5.87. The Morgan fingerprint density at radius 1 is 1.34 bits per heavy atom. The summed E-state index contributed by atoms with van der Waals surface area (Å²) in [5.41, 5.74) is 7.28. The van der Waals surface area contributed by atoms with E-state index in [0.29, 0.717) is 28.5 Å². The number of thioether (sulfide) groups is 1. The molecule has 1 aromatic carbocycles. The second kappa shape index (κ2) is 11.7. The molecular weight excluding hydrogens is 438 g/mol. The van der Waals surface area contributed by atoms with E-state index in [0.717, 1.165) is 0 Å². The molecule has 10 nitrogen and oxygen atoms in total. The van der Waals surface area contributed by atoms with Gasteiger partial charge in [0.25, 0.3) is 5.69 Å². The van der Waals surface area contributed by atoms with E-state index in [2.05, 4.69) is 5.32 Å². The number of rotatable bonds is 10. The molecule has 0 amide bonds. The molecule has 2 rings (SSSR count). The number of aliphatic hydroxyl groups is 1. The van der Waals surface area contributed by atoms with Crippen LogP contribution in [0.25, 0.3) is 0 Å². The number of aliphatic hydroxyl groups excluding tert-OH is 1. The predicted molar refractivity (Wildman–Crippen MR) is 120 cm³/mol. The van der Waals surface area contributed by atoms with E-state index in [1.807, 2.05) is 0 Å². The standard InChI is InChI=1S/C21H27N3O7S/c1-4-31-21(27)19-16(11-32-10-14(22)9-25)23-12(2)17(20(26)30-3)18(19)13-6-5-7-15(8-13)24(28)29/h5-8,14,18,23,25H,4,9-11,22H2,1-3H3. The summed E-state index contributed by atoms with van der Waals surface area (Å²) in [5.74, 6) is -1.48. The topological polar surface area (TPSA) is 154 Å². The van der Waals surface area contributed by atoms with Gasteiger partial charge in [-0.3, -0.25) is 10.1 Å². The zero-order valence-corrected chi connectivity index (χ0v) is 18.9. The second-order valence-corrected chi connectivity index (χ2v) is 8.04. The van der Waals surface area contributed by atoms with Crippen LogP contribution in [0, 0.1) is 10.1 Å². The van der Waals surface area contributed by atoms with Gasteiger partial charge in [-0.25, -0.2) is 9.59 Å². The first-order chi connectivity index (χ1) is 15.2. The van der Waals surface area contributed by atoms with Gasteiger partial charge in [-0.05, 0) is 19.4 Å². The Kier molecular flexibility index (Phi) is 9.24. The van der Waals surface area contributed by atoms with E-state index in [1.165, 1.54) is 37.1 Å². The number of nitrogens with zero attached hydrogens (tertiary/aromatic N) is 1. The van der Waals surface area contributed by atoms with Gasteiger partial charge in [0.1, 0.15) is 0 Å². The van der Waals surface area contributed by atoms with Gasteiger partial charge in [0.15, 0.2) is 0 Å². The van der Waals surface area contributed by atoms with Crippen molar-refractivity contribution >= 4 is 29.4 Å². The molecule has 4 N–H and O–H groups in total. The first-order valence-electron chi connectivity index (χ1n) is 9.89. The minimum absolute atomic E-state index is 0.107. The maximum Gasteiger partial charge on any atom is 0.336 e. The number of methoxy groups -OCH3 is 1. The zero-order valence-electron chi connectivity index (χ0n) is 18.1. The monoisotopic (exact) mass is 465 g/mol. The number of esters is 2. The lowest BCUT2D eigenvalue weighted by atomic mass is 9.80. The van der Waals surface area contributed by atoms with E-state index >= 15 is 0 Å². The Morgan fingerprint density at radius 2 is 2.06 bits per heavy atom. The Morgan fingerprint density at radius 3 is 2.66 bits per heavy atom. The number of carbonyl (C=O) groups excluding carboxylic acids is 2. The van der Waals surface area contributed by atoms with Crippen molar-refractivity contribution < 1.29 is 29.1 Å². The summed E-state index contributed by atoms with van der Waals surface area (Å²) >= 11 is 1.39. The maximum atomic E-state index is 13.0. The Balaban J connectivity index is 2.65. The number of allylic oxidation sites excluding steroid dienone is 1. The molecule has 1 aliphatic heterocycles. The number of nitro benzene ring substituents is 1. The Bertz CT molecular complexity index is 945. The molecule has 0 fully saturated rings. The molecule has 11 heteroatoms. The number of ether oxygens (including phenoxy) is 2. The maximum absolute atomic E-state index is 13.0. The summed E-state index contributed by atoms with van der Waals surface area (Å²) in [5, 5.41) is 23.6. The van der Waals surface area contributed by atoms with Crippen LogP contribution < -0.4 is 11.1 Å². The largest absolute Gasteiger partial charge is 0.466 e. The van der Waals surface area contributed by atoms with Crippen molar-refractivity contribution in [3.8, 4) is 0 Å². The molecule has 0 radical (unpaired) electrons. The first kappa shape index (κ1) is 25.4. The van der Waals surface area contributed by atoms with Crippen LogP contribution >= 0.6 is 11.8 Å². The number of nitro groups is 1. The van der Waals surface area contributed by atoms with Crippen molar-refractivity contribution in [2.24, 2.45) is 5.73 Å². The fraction of sp³-hybridized carbons (Fsp3) is 0.429. The summed E-state index contributed by atoms with van der Waals surface area (Å²) < 4.78 is 10.2. The van der Waals surface area contributed by atoms with E-state index in [1.54, 1.807) is 19.9 Å². The summed E-state index contributed by atoms with van der Waals surface area (Å²) in [7, 11) is 1.22. The van der Waals surface area contributed by atoms with Crippen LogP contribution in [-0.2, 0) is 19.1 Å². The lowest BCUT2D eigenvalue weighted by Gasteiger charge is -2.31. The van der Waals surface area contributed by atoms with E-state index in [4.69, 9.17) is 20.3 Å². The predicted octanol–water partition coefficient (Wildman–Crippen LogP) is 1.60. The van der Waals surface area contributed by atoms with Crippen LogP contribution in [0.15, 0.2) is 46.8 Å². The summed E-state index contributed by atoms with van der Waals surface area (Å²) in [6.07, 6.45) is 0. The number of non-ortho nitro benzene ring substituents is 1. The number of nitrogens with one attached hydrogen (secondary N) is 1. The van der Waals surface area contributed by atoms with Crippen molar-refractivity contribution in [1.29, 1.82) is 0 Å². The first-order valence-corrected chi connectivity index (χ1v) is 11.0. The van der Waals surface area contributed by atoms with E-state index in [-0.39, 0.29) is 30.0 Å². The smallest absolute Gasteiger partial charge is 0.336 e. The molecule has 32 heavy (non-hydrogen) atoms. The van der Waals surface area contributed by atoms with Crippen LogP contribution in [0.3, 0.4) is 0 Å². The van der Waals surface area contributed by atoms with Gasteiger partial charge < -0.3 is 25.6 Å². The van der Waals surface area contributed by atoms with E-state index in [9.17, 15) is 19.7 Å². The highest BCUT2D eigenvalue weighted by Crippen LogP contribution is 2.40. The Hall–Kier alpha value is -2.89. The second-order valence-electron chi connectivity index (χ2n) is 7.01. The normalized spacial score (nSPS) is 17.0. The van der Waals surface area contributed by atoms with E-state index < -0.39 is 28.8 Å². The molecule has 1 aromatic rings. The minimum Gasteiger partial charge on any atom is -0.466 e. The number of hydrogen-bond donors (Lipinski definition) is 3. The van der Waals surface area contributed by atoms with Gasteiger partial charge in [-0.15, -0.1) is 0 Å². The SMILES string of the molecule is CCOC(=O)C1=C(CSCC(N)CO)NC(C)=C(C(=O)OC)C1c1cccc([N+](=O)[O-])c1. The number of nitrogens with two attached hydrogens (primary N) is 1. The number of hydrogen-bond acceptors (Lipinski definition) is 10. The molecule has 1 heterocycles. The number of dihydropyridines is 1. The lowest BCUT2D eigenvalue weighted by Crippen LogP contribution is -2.34. The van der Waals surface area contributed by atoms with Crippen molar-refractivity contribution in [1.82, 2.24) is 5.32 Å². The molecule has 0 saturated heterocycles. The summed E-state index contributed by atoms with van der Waals surface area (Å²) in [4.78, 5) is 36.5. The molecule has 0 saturated carbocycles. The van der Waals surface area contributed by atoms with Gasteiger partial charge in [0.05, 0.1) is 42.3 Å². The highest BCUT2D eigenvalue weighted by atomic mass is 32.2. The molecule has 0 bridgehead atoms. The van der Waals surface area contributed by atoms with Crippen LogP contribution in [0.1, 0.15) is 25.3 Å². The fourth-order valence-corrected chi connectivity index (χ4v) is 4.31. The number of carbonyl (C=O) groups is 2. The van der Waals surface area contributed by atoms with Crippen LogP contribution in [0.2, 0.25) is 0 Å². The zero-order chi connectivity index (χ0) is 23.8. The average Bonchev–Trinajstić information content (AvgIpc) is 2.78. The van der Waals surface area contributed by atoms with Crippen molar-refractivity contribution in [2.45, 2.75) is 25.8 Å². The molecule has 1 aliphatic rings. The van der Waals surface area contributed by atoms with Crippen molar-refractivity contribution in [3.63, 3.8) is 0 Å². The molecule has 2 atom stereocenters. The number of benzene rings is 1. The van der Waals surface area contributed by atoms with Gasteiger partial charge in [-0.1, -0.05) is 12.1 Å². The van der Waals surface area contributed by atoms with Gasteiger partial charge >= 0.3 is 11.9 Å². The lowest BCUT2D eigenvalue weighted by molar-refractivity contribution is -0.384. The van der Waals surface area contributed by atoms with Crippen LogP contribution in [0.5, 0.6) is 0 Å².